The van der Waals surface area contributed by atoms with Crippen molar-refractivity contribution in [2.24, 2.45) is 0 Å². The van der Waals surface area contributed by atoms with Crippen LogP contribution in [0.2, 0.25) is 20.1 Å². The van der Waals surface area contributed by atoms with Gasteiger partial charge in [0.1, 0.15) is 12.6 Å². The van der Waals surface area contributed by atoms with Gasteiger partial charge in [-0.1, -0.05) is 66.3 Å². The molecule has 0 radical (unpaired) electrons. The van der Waals surface area contributed by atoms with Gasteiger partial charge in [-0.3, -0.25) is 13.9 Å². The average molecular weight is 597 g/mol. The van der Waals surface area contributed by atoms with Crippen molar-refractivity contribution in [2.75, 3.05) is 17.1 Å². The lowest BCUT2D eigenvalue weighted by Gasteiger charge is -2.33. The number of halogens is 4. The second-order valence-corrected chi connectivity index (χ2v) is 12.0. The van der Waals surface area contributed by atoms with Gasteiger partial charge in [0.25, 0.3) is 0 Å². The Morgan fingerprint density at radius 1 is 0.944 bits per heavy atom. The zero-order chi connectivity index (χ0) is 27.2. The Morgan fingerprint density at radius 2 is 1.56 bits per heavy atom. The zero-order valence-corrected chi connectivity index (χ0v) is 24.2. The standard InChI is InChI=1S/C24H29Cl4N3O4S/c1-5-15(3)29-24(33)21(6-2)30(13-16-7-8-17(25)11-20(16)28)23(32)14-31(36(4,34)35)22-12-18(26)9-10-19(22)27/h7-12,15,21H,5-6,13-14H2,1-4H3,(H,29,33)/t15-,21+/m1/s1. The third-order valence-corrected chi connectivity index (χ3v) is 7.87. The highest BCUT2D eigenvalue weighted by atomic mass is 35.5. The molecule has 0 heterocycles. The number of anilines is 1. The summed E-state index contributed by atoms with van der Waals surface area (Å²) in [7, 11) is -3.95. The monoisotopic (exact) mass is 595 g/mol. The molecule has 0 spiro atoms. The van der Waals surface area contributed by atoms with Gasteiger partial charge in [0, 0.05) is 27.7 Å². The average Bonchev–Trinajstić information content (AvgIpc) is 2.79. The van der Waals surface area contributed by atoms with Crippen LogP contribution in [0.5, 0.6) is 0 Å². The topological polar surface area (TPSA) is 86.8 Å². The summed E-state index contributed by atoms with van der Waals surface area (Å²) >= 11 is 24.7. The summed E-state index contributed by atoms with van der Waals surface area (Å²) in [4.78, 5) is 28.2. The Bertz CT molecular complexity index is 1210. The number of carbonyl (C=O) groups excluding carboxylic acids is 2. The van der Waals surface area contributed by atoms with E-state index in [-0.39, 0.29) is 40.6 Å². The summed E-state index contributed by atoms with van der Waals surface area (Å²) in [5, 5.41) is 3.99. The first-order valence-corrected chi connectivity index (χ1v) is 14.6. The van der Waals surface area contributed by atoms with Crippen molar-refractivity contribution in [3.8, 4) is 0 Å². The number of benzene rings is 2. The number of amides is 2. The molecular weight excluding hydrogens is 568 g/mol. The molecule has 2 aromatic rings. The largest absolute Gasteiger partial charge is 0.352 e. The van der Waals surface area contributed by atoms with Crippen LogP contribution in [-0.4, -0.2) is 50.0 Å². The Hall–Kier alpha value is -1.71. The predicted octanol–water partition coefficient (Wildman–Crippen LogP) is 5.79. The first kappa shape index (κ1) is 30.5. The van der Waals surface area contributed by atoms with Crippen LogP contribution in [-0.2, 0) is 26.2 Å². The number of nitrogens with one attached hydrogen (secondary N) is 1. The van der Waals surface area contributed by atoms with Crippen LogP contribution in [0.1, 0.15) is 39.2 Å². The van der Waals surface area contributed by atoms with E-state index in [1.807, 2.05) is 13.8 Å². The first-order valence-electron chi connectivity index (χ1n) is 11.2. The van der Waals surface area contributed by atoms with Gasteiger partial charge in [-0.2, -0.15) is 0 Å². The molecule has 2 amide bonds. The fraction of sp³-hybridized carbons (Fsp3) is 0.417. The van der Waals surface area contributed by atoms with Gasteiger partial charge in [-0.15, -0.1) is 0 Å². The fourth-order valence-corrected chi connectivity index (χ4v) is 5.22. The molecule has 0 unspecified atom stereocenters. The molecule has 2 atom stereocenters. The second-order valence-electron chi connectivity index (χ2n) is 8.36. The number of nitrogens with zero attached hydrogens (tertiary/aromatic N) is 2. The molecule has 0 aliphatic heterocycles. The second kappa shape index (κ2) is 13.2. The van der Waals surface area contributed by atoms with Crippen molar-refractivity contribution >= 4 is 73.9 Å². The molecular formula is C24H29Cl4N3O4S. The van der Waals surface area contributed by atoms with Gasteiger partial charge in [-0.25, -0.2) is 8.42 Å². The molecule has 0 saturated carbocycles. The molecule has 0 saturated heterocycles. The van der Waals surface area contributed by atoms with E-state index < -0.39 is 28.5 Å². The van der Waals surface area contributed by atoms with Gasteiger partial charge >= 0.3 is 0 Å². The van der Waals surface area contributed by atoms with Crippen LogP contribution >= 0.6 is 46.4 Å². The van der Waals surface area contributed by atoms with Crippen molar-refractivity contribution in [2.45, 2.75) is 52.2 Å². The fourth-order valence-electron chi connectivity index (χ4n) is 3.47. The summed E-state index contributed by atoms with van der Waals surface area (Å²) in [6.07, 6.45) is 1.95. The first-order chi connectivity index (χ1) is 16.8. The Labute approximate surface area is 232 Å². The summed E-state index contributed by atoms with van der Waals surface area (Å²) < 4.78 is 26.3. The summed E-state index contributed by atoms with van der Waals surface area (Å²) in [5.41, 5.74) is 0.609. The number of carbonyl (C=O) groups is 2. The van der Waals surface area contributed by atoms with Crippen LogP contribution in [0, 0.1) is 0 Å². The van der Waals surface area contributed by atoms with E-state index >= 15 is 0 Å². The van der Waals surface area contributed by atoms with E-state index in [0.29, 0.717) is 22.0 Å². The molecule has 0 aliphatic rings. The molecule has 0 bridgehead atoms. The van der Waals surface area contributed by atoms with E-state index in [4.69, 9.17) is 46.4 Å². The number of rotatable bonds is 11. The molecule has 2 rings (SSSR count). The lowest BCUT2D eigenvalue weighted by molar-refractivity contribution is -0.140. The summed E-state index contributed by atoms with van der Waals surface area (Å²) in [6, 6.07) is 8.15. The van der Waals surface area contributed by atoms with Crippen molar-refractivity contribution in [3.63, 3.8) is 0 Å². The minimum Gasteiger partial charge on any atom is -0.352 e. The SMILES string of the molecule is CC[C@@H](C)NC(=O)[C@H](CC)N(Cc1ccc(Cl)cc1Cl)C(=O)CN(c1cc(Cl)ccc1Cl)S(C)(=O)=O. The highest BCUT2D eigenvalue weighted by molar-refractivity contribution is 7.92. The van der Waals surface area contributed by atoms with Crippen LogP contribution in [0.15, 0.2) is 36.4 Å². The lowest BCUT2D eigenvalue weighted by atomic mass is 10.1. The van der Waals surface area contributed by atoms with E-state index in [9.17, 15) is 18.0 Å². The molecule has 7 nitrogen and oxygen atoms in total. The minimum atomic E-state index is -3.95. The van der Waals surface area contributed by atoms with Crippen LogP contribution in [0.25, 0.3) is 0 Å². The number of hydrogen-bond donors (Lipinski definition) is 1. The third-order valence-electron chi connectivity index (χ3n) is 5.60. The number of hydrogen-bond acceptors (Lipinski definition) is 4. The Morgan fingerprint density at radius 3 is 2.11 bits per heavy atom. The highest BCUT2D eigenvalue weighted by Crippen LogP contribution is 2.31. The maximum atomic E-state index is 13.7. The van der Waals surface area contributed by atoms with Crippen molar-refractivity contribution < 1.29 is 18.0 Å². The molecule has 0 aliphatic carbocycles. The van der Waals surface area contributed by atoms with Crippen molar-refractivity contribution in [1.29, 1.82) is 0 Å². The summed E-state index contributed by atoms with van der Waals surface area (Å²) in [5.74, 6) is -0.967. The predicted molar refractivity (Wildman–Crippen MR) is 148 cm³/mol. The van der Waals surface area contributed by atoms with E-state index in [2.05, 4.69) is 5.32 Å². The van der Waals surface area contributed by atoms with E-state index in [1.54, 1.807) is 19.1 Å². The van der Waals surface area contributed by atoms with E-state index in [0.717, 1.165) is 10.6 Å². The maximum absolute atomic E-state index is 13.7. The van der Waals surface area contributed by atoms with Gasteiger partial charge in [0.2, 0.25) is 21.8 Å². The van der Waals surface area contributed by atoms with Gasteiger partial charge in [-0.05, 0) is 55.7 Å². The normalized spacial score (nSPS) is 13.1. The summed E-state index contributed by atoms with van der Waals surface area (Å²) in [6.45, 7) is 4.92. The molecule has 0 aromatic heterocycles. The smallest absolute Gasteiger partial charge is 0.244 e. The maximum Gasteiger partial charge on any atom is 0.244 e. The highest BCUT2D eigenvalue weighted by Gasteiger charge is 2.33. The van der Waals surface area contributed by atoms with Crippen LogP contribution in [0.3, 0.4) is 0 Å². The minimum absolute atomic E-state index is 0.0395. The Balaban J connectivity index is 2.52. The van der Waals surface area contributed by atoms with Crippen LogP contribution < -0.4 is 9.62 Å². The molecule has 12 heteroatoms. The quantitative estimate of drug-likeness (QED) is 0.356. The van der Waals surface area contributed by atoms with Crippen LogP contribution in [0.4, 0.5) is 5.69 Å². The van der Waals surface area contributed by atoms with Crippen molar-refractivity contribution in [3.05, 3.63) is 62.1 Å². The van der Waals surface area contributed by atoms with Gasteiger partial charge < -0.3 is 10.2 Å². The van der Waals surface area contributed by atoms with Gasteiger partial charge in [0.15, 0.2) is 0 Å². The lowest BCUT2D eigenvalue weighted by Crippen LogP contribution is -2.53. The molecule has 0 fully saturated rings. The Kier molecular flexibility index (Phi) is 11.2. The third kappa shape index (κ3) is 8.15. The van der Waals surface area contributed by atoms with Crippen molar-refractivity contribution in [1.82, 2.24) is 10.2 Å². The molecule has 198 valence electrons. The molecule has 1 N–H and O–H groups in total. The van der Waals surface area contributed by atoms with E-state index in [1.165, 1.54) is 29.2 Å². The molecule has 2 aromatic carbocycles. The van der Waals surface area contributed by atoms with Gasteiger partial charge in [0.05, 0.1) is 17.0 Å². The molecule has 36 heavy (non-hydrogen) atoms. The number of sulfonamides is 1. The zero-order valence-electron chi connectivity index (χ0n) is 20.4.